The van der Waals surface area contributed by atoms with Crippen LogP contribution in [0.4, 0.5) is 0 Å². The summed E-state index contributed by atoms with van der Waals surface area (Å²) in [5, 5.41) is 1.45. The van der Waals surface area contributed by atoms with Crippen LogP contribution in [0.3, 0.4) is 0 Å². The fourth-order valence-electron chi connectivity index (χ4n) is 4.60. The van der Waals surface area contributed by atoms with Crippen molar-refractivity contribution in [1.82, 2.24) is 6.15 Å². The maximum Gasteiger partial charge on any atom is 0.125 e. The van der Waals surface area contributed by atoms with E-state index in [1.165, 1.54) is 76.2 Å². The Balaban J connectivity index is 0.00000544. The highest BCUT2D eigenvalue weighted by Gasteiger charge is 2.14. The molecule has 0 atom stereocenters. The standard InChI is InChI=1S/C28H44O3S.H3N/c1-3-5-7-9-11-13-15-17-24-19-22-27-26(23-24)21-20-25(28(27)32(29,30)31)18-16-14-12-10-8-6-4-2;/h19-23H,3-18H2,1-2H3,(H,29,30,31);1H3. The molecule has 4 nitrogen and oxygen atoms in total. The Kier molecular flexibility index (Phi) is 14.6. The number of quaternary nitrogens is 1. The first kappa shape index (κ1) is 29.6. The Morgan fingerprint density at radius 2 is 1.18 bits per heavy atom. The minimum Gasteiger partial charge on any atom is -0.744 e. The molecule has 0 saturated carbocycles. The van der Waals surface area contributed by atoms with Gasteiger partial charge in [0.1, 0.15) is 10.1 Å². The highest BCUT2D eigenvalue weighted by atomic mass is 32.2. The van der Waals surface area contributed by atoms with E-state index >= 15 is 0 Å². The molecule has 0 unspecified atom stereocenters. The fourth-order valence-corrected chi connectivity index (χ4v) is 5.55. The van der Waals surface area contributed by atoms with Gasteiger partial charge in [-0.25, -0.2) is 8.42 Å². The van der Waals surface area contributed by atoms with Gasteiger partial charge in [0.15, 0.2) is 0 Å². The summed E-state index contributed by atoms with van der Waals surface area (Å²) in [7, 11) is -4.51. The fraction of sp³-hybridized carbons (Fsp3) is 0.643. The number of benzene rings is 2. The molecule has 0 aliphatic rings. The van der Waals surface area contributed by atoms with Gasteiger partial charge < -0.3 is 10.7 Å². The number of aryl methyl sites for hydroxylation is 2. The molecule has 0 fully saturated rings. The van der Waals surface area contributed by atoms with Crippen molar-refractivity contribution in [2.45, 2.75) is 121 Å². The van der Waals surface area contributed by atoms with Crippen LogP contribution in [0.25, 0.3) is 10.8 Å². The second kappa shape index (κ2) is 16.2. The van der Waals surface area contributed by atoms with Gasteiger partial charge in [-0.3, -0.25) is 0 Å². The molecule has 0 spiro atoms. The molecule has 2 aromatic carbocycles. The highest BCUT2D eigenvalue weighted by molar-refractivity contribution is 7.86. The predicted octanol–water partition coefficient (Wildman–Crippen LogP) is 8.71. The predicted molar refractivity (Wildman–Crippen MR) is 141 cm³/mol. The minimum absolute atomic E-state index is 0. The number of hydrogen-bond acceptors (Lipinski definition) is 3. The number of fused-ring (bicyclic) bond motifs is 1. The molecule has 0 heterocycles. The molecule has 5 heteroatoms. The monoisotopic (exact) mass is 477 g/mol. The lowest BCUT2D eigenvalue weighted by molar-refractivity contribution is 0.462. The van der Waals surface area contributed by atoms with Crippen molar-refractivity contribution in [2.75, 3.05) is 0 Å². The zero-order chi connectivity index (χ0) is 23.2. The van der Waals surface area contributed by atoms with Crippen LogP contribution in [0.5, 0.6) is 0 Å². The topological polar surface area (TPSA) is 93.7 Å². The summed E-state index contributed by atoms with van der Waals surface area (Å²) < 4.78 is 36.4. The van der Waals surface area contributed by atoms with Crippen molar-refractivity contribution in [3.05, 3.63) is 41.5 Å². The average Bonchev–Trinajstić information content (AvgIpc) is 2.76. The van der Waals surface area contributed by atoms with Gasteiger partial charge in [-0.15, -0.1) is 0 Å². The first-order valence-corrected chi connectivity index (χ1v) is 14.4. The van der Waals surface area contributed by atoms with Crippen molar-refractivity contribution < 1.29 is 13.0 Å². The van der Waals surface area contributed by atoms with Crippen LogP contribution < -0.4 is 6.15 Å². The summed E-state index contributed by atoms with van der Waals surface area (Å²) >= 11 is 0. The molecular formula is C28H47NO3S. The lowest BCUT2D eigenvalue weighted by atomic mass is 9.98. The van der Waals surface area contributed by atoms with Crippen LogP contribution in [0.1, 0.15) is 115 Å². The second-order valence-electron chi connectivity index (χ2n) is 9.31. The molecule has 33 heavy (non-hydrogen) atoms. The molecule has 0 bridgehead atoms. The smallest absolute Gasteiger partial charge is 0.125 e. The van der Waals surface area contributed by atoms with Crippen LogP contribution in [-0.4, -0.2) is 13.0 Å². The van der Waals surface area contributed by atoms with Gasteiger partial charge in [0.25, 0.3) is 0 Å². The third-order valence-corrected chi connectivity index (χ3v) is 7.47. The van der Waals surface area contributed by atoms with E-state index in [2.05, 4.69) is 19.9 Å². The van der Waals surface area contributed by atoms with E-state index in [0.29, 0.717) is 17.4 Å². The van der Waals surface area contributed by atoms with Gasteiger partial charge in [0.05, 0.1) is 4.90 Å². The lowest BCUT2D eigenvalue weighted by Gasteiger charge is -2.17. The molecule has 0 amide bonds. The van der Waals surface area contributed by atoms with Crippen LogP contribution in [0, 0.1) is 0 Å². The molecule has 2 rings (SSSR count). The SMILES string of the molecule is CCCCCCCCCc1ccc2c(S(=O)(=O)[O-])c(CCCCCCCCC)ccc2c1.[NH4+]. The third-order valence-electron chi connectivity index (χ3n) is 6.49. The van der Waals surface area contributed by atoms with Crippen LogP contribution in [0.2, 0.25) is 0 Å². The number of unbranched alkanes of at least 4 members (excludes halogenated alkanes) is 12. The zero-order valence-electron chi connectivity index (χ0n) is 21.3. The summed E-state index contributed by atoms with van der Waals surface area (Å²) in [5.74, 6) is 0. The quantitative estimate of drug-likeness (QED) is 0.182. The van der Waals surface area contributed by atoms with Crippen molar-refractivity contribution in [3.63, 3.8) is 0 Å². The van der Waals surface area contributed by atoms with E-state index in [9.17, 15) is 13.0 Å². The molecule has 0 aliphatic heterocycles. The molecule has 2 aromatic rings. The number of rotatable bonds is 17. The summed E-state index contributed by atoms with van der Waals surface area (Å²) in [4.78, 5) is 0.00320. The van der Waals surface area contributed by atoms with Gasteiger partial charge in [-0.05, 0) is 47.6 Å². The third kappa shape index (κ3) is 10.6. The van der Waals surface area contributed by atoms with E-state index in [1.54, 1.807) is 0 Å². The van der Waals surface area contributed by atoms with Gasteiger partial charge in [0.2, 0.25) is 0 Å². The summed E-state index contributed by atoms with van der Waals surface area (Å²) in [6, 6.07) is 9.78. The molecule has 0 radical (unpaired) electrons. The molecule has 0 saturated heterocycles. The highest BCUT2D eigenvalue weighted by Crippen LogP contribution is 2.29. The Labute approximate surface area is 202 Å². The van der Waals surface area contributed by atoms with Crippen molar-refractivity contribution in [1.29, 1.82) is 0 Å². The summed E-state index contributed by atoms with van der Waals surface area (Å²) in [6.45, 7) is 4.45. The van der Waals surface area contributed by atoms with Gasteiger partial charge in [-0.2, -0.15) is 0 Å². The Bertz CT molecular complexity index is 909. The maximum atomic E-state index is 12.1. The van der Waals surface area contributed by atoms with Crippen molar-refractivity contribution in [2.24, 2.45) is 0 Å². The van der Waals surface area contributed by atoms with E-state index in [0.717, 1.165) is 31.1 Å². The second-order valence-corrected chi connectivity index (χ2v) is 10.6. The Morgan fingerprint density at radius 1 is 0.667 bits per heavy atom. The van der Waals surface area contributed by atoms with Crippen molar-refractivity contribution in [3.8, 4) is 0 Å². The van der Waals surface area contributed by atoms with Crippen LogP contribution >= 0.6 is 0 Å². The first-order chi connectivity index (χ1) is 15.5. The largest absolute Gasteiger partial charge is 0.744 e. The molecule has 4 N–H and O–H groups in total. The summed E-state index contributed by atoms with van der Waals surface area (Å²) in [6.07, 6.45) is 18.8. The maximum absolute atomic E-state index is 12.1. The normalized spacial score (nSPS) is 11.6. The molecule has 188 valence electrons. The summed E-state index contributed by atoms with van der Waals surface area (Å²) in [5.41, 5.74) is 1.90. The first-order valence-electron chi connectivity index (χ1n) is 13.0. The van der Waals surface area contributed by atoms with Crippen LogP contribution in [-0.2, 0) is 23.0 Å². The number of hydrogen-bond donors (Lipinski definition) is 1. The van der Waals surface area contributed by atoms with E-state index < -0.39 is 10.1 Å². The lowest BCUT2D eigenvalue weighted by Crippen LogP contribution is -2.05. The van der Waals surface area contributed by atoms with Crippen molar-refractivity contribution >= 4 is 20.9 Å². The van der Waals surface area contributed by atoms with E-state index in [1.807, 2.05) is 24.3 Å². The Morgan fingerprint density at radius 3 is 1.73 bits per heavy atom. The van der Waals surface area contributed by atoms with Gasteiger partial charge in [0, 0.05) is 0 Å². The van der Waals surface area contributed by atoms with Gasteiger partial charge >= 0.3 is 0 Å². The van der Waals surface area contributed by atoms with Crippen LogP contribution in [0.15, 0.2) is 35.2 Å². The molecule has 0 aromatic heterocycles. The Hall–Kier alpha value is -1.43. The van der Waals surface area contributed by atoms with E-state index in [-0.39, 0.29) is 11.0 Å². The van der Waals surface area contributed by atoms with E-state index in [4.69, 9.17) is 0 Å². The minimum atomic E-state index is -4.51. The zero-order valence-corrected chi connectivity index (χ0v) is 22.1. The molecule has 0 aliphatic carbocycles. The van der Waals surface area contributed by atoms with Gasteiger partial charge in [-0.1, -0.05) is 121 Å². The average molecular weight is 478 g/mol. The molecular weight excluding hydrogens is 430 g/mol.